The smallest absolute Gasteiger partial charge is 0.242 e. The minimum Gasteiger partial charge on any atom is -0.325 e. The first kappa shape index (κ1) is 21.6. The van der Waals surface area contributed by atoms with Crippen LogP contribution in [-0.2, 0) is 21.2 Å². The van der Waals surface area contributed by atoms with Crippen LogP contribution in [0.5, 0.6) is 0 Å². The van der Waals surface area contributed by atoms with Crippen molar-refractivity contribution in [2.45, 2.75) is 24.3 Å². The van der Waals surface area contributed by atoms with Gasteiger partial charge >= 0.3 is 0 Å². The highest BCUT2D eigenvalue weighted by atomic mass is 32.2. The van der Waals surface area contributed by atoms with Gasteiger partial charge in [0.15, 0.2) is 11.6 Å². The number of carbonyl (C=O) groups excluding carboxylic acids is 1. The summed E-state index contributed by atoms with van der Waals surface area (Å²) in [6.07, 6.45) is 0.0709. The number of amides is 1. The van der Waals surface area contributed by atoms with Crippen molar-refractivity contribution in [2.24, 2.45) is 0 Å². The highest BCUT2D eigenvalue weighted by Crippen LogP contribution is 2.16. The number of carbonyl (C=O) groups is 1. The van der Waals surface area contributed by atoms with Crippen LogP contribution in [0.25, 0.3) is 0 Å². The third-order valence-corrected chi connectivity index (χ3v) is 5.90. The Balaban J connectivity index is 1.86. The summed E-state index contributed by atoms with van der Waals surface area (Å²) >= 11 is 0. The first-order valence-electron chi connectivity index (χ1n) is 9.13. The Morgan fingerprint density at radius 3 is 2.23 bits per heavy atom. The summed E-state index contributed by atoms with van der Waals surface area (Å²) in [5, 5.41) is 2.44. The molecule has 0 unspecified atom stereocenters. The van der Waals surface area contributed by atoms with Crippen molar-refractivity contribution in [3.05, 3.63) is 95.6 Å². The van der Waals surface area contributed by atoms with Gasteiger partial charge < -0.3 is 5.32 Å². The van der Waals surface area contributed by atoms with E-state index in [0.29, 0.717) is 0 Å². The van der Waals surface area contributed by atoms with Gasteiger partial charge in [-0.15, -0.1) is 0 Å². The third kappa shape index (κ3) is 5.49. The zero-order valence-corrected chi connectivity index (χ0v) is 16.9. The van der Waals surface area contributed by atoms with E-state index in [1.165, 1.54) is 18.2 Å². The Labute approximate surface area is 173 Å². The number of rotatable bonds is 7. The van der Waals surface area contributed by atoms with Crippen LogP contribution in [0.15, 0.2) is 77.7 Å². The Morgan fingerprint density at radius 2 is 1.60 bits per heavy atom. The van der Waals surface area contributed by atoms with Crippen LogP contribution in [0.3, 0.4) is 0 Å². The molecule has 0 aromatic heterocycles. The van der Waals surface area contributed by atoms with Crippen LogP contribution in [0.2, 0.25) is 0 Å². The Bertz CT molecular complexity index is 1130. The van der Waals surface area contributed by atoms with Crippen LogP contribution in [0, 0.1) is 18.6 Å². The zero-order chi connectivity index (χ0) is 21.7. The minimum atomic E-state index is -3.99. The molecule has 0 bridgehead atoms. The van der Waals surface area contributed by atoms with Gasteiger partial charge in [-0.1, -0.05) is 48.0 Å². The monoisotopic (exact) mass is 430 g/mol. The third-order valence-electron chi connectivity index (χ3n) is 4.41. The minimum absolute atomic E-state index is 0.0199. The van der Waals surface area contributed by atoms with Crippen LogP contribution >= 0.6 is 0 Å². The van der Waals surface area contributed by atoms with Crippen molar-refractivity contribution < 1.29 is 22.0 Å². The molecule has 2 N–H and O–H groups in total. The number of benzene rings is 3. The van der Waals surface area contributed by atoms with Crippen molar-refractivity contribution >= 4 is 21.6 Å². The van der Waals surface area contributed by atoms with Crippen molar-refractivity contribution in [1.29, 1.82) is 0 Å². The molecular weight excluding hydrogens is 410 g/mol. The Kier molecular flexibility index (Phi) is 6.59. The summed E-state index contributed by atoms with van der Waals surface area (Å²) in [6.45, 7) is 1.83. The molecule has 0 saturated heterocycles. The number of aryl methyl sites for hydroxylation is 1. The van der Waals surface area contributed by atoms with E-state index >= 15 is 0 Å². The van der Waals surface area contributed by atoms with E-state index in [2.05, 4.69) is 10.0 Å². The van der Waals surface area contributed by atoms with Crippen molar-refractivity contribution in [3.63, 3.8) is 0 Å². The Morgan fingerprint density at radius 1 is 0.933 bits per heavy atom. The molecule has 0 fully saturated rings. The first-order valence-corrected chi connectivity index (χ1v) is 10.6. The van der Waals surface area contributed by atoms with Crippen LogP contribution in [0.4, 0.5) is 14.5 Å². The molecule has 3 rings (SSSR count). The molecule has 0 radical (unpaired) electrons. The molecular formula is C22H20F2N2O3S. The normalized spacial score (nSPS) is 12.4. The molecule has 0 heterocycles. The maximum Gasteiger partial charge on any atom is 0.242 e. The van der Waals surface area contributed by atoms with Crippen LogP contribution in [-0.4, -0.2) is 20.4 Å². The van der Waals surface area contributed by atoms with E-state index in [0.717, 1.165) is 23.3 Å². The second-order valence-electron chi connectivity index (χ2n) is 6.79. The molecule has 0 saturated carbocycles. The second kappa shape index (κ2) is 9.15. The molecule has 0 aliphatic carbocycles. The Hall–Kier alpha value is -3.10. The fraction of sp³-hybridized carbons (Fsp3) is 0.136. The van der Waals surface area contributed by atoms with Gasteiger partial charge in [-0.2, -0.15) is 4.72 Å². The molecule has 0 aliphatic heterocycles. The molecule has 1 atom stereocenters. The molecule has 3 aromatic rings. The number of anilines is 1. The molecule has 156 valence electrons. The molecule has 8 heteroatoms. The summed E-state index contributed by atoms with van der Waals surface area (Å²) in [5.74, 6) is -2.86. The summed E-state index contributed by atoms with van der Waals surface area (Å²) < 4.78 is 54.6. The van der Waals surface area contributed by atoms with E-state index in [9.17, 15) is 22.0 Å². The van der Waals surface area contributed by atoms with Crippen LogP contribution in [0.1, 0.15) is 11.1 Å². The molecule has 5 nitrogen and oxygen atoms in total. The summed E-state index contributed by atoms with van der Waals surface area (Å²) in [6, 6.07) is 16.8. The lowest BCUT2D eigenvalue weighted by Gasteiger charge is -2.19. The van der Waals surface area contributed by atoms with Gasteiger partial charge in [0.2, 0.25) is 15.9 Å². The van der Waals surface area contributed by atoms with E-state index in [1.54, 1.807) is 42.5 Å². The second-order valence-corrected chi connectivity index (χ2v) is 8.51. The predicted molar refractivity (Wildman–Crippen MR) is 110 cm³/mol. The lowest BCUT2D eigenvalue weighted by molar-refractivity contribution is -0.117. The fourth-order valence-corrected chi connectivity index (χ4v) is 4.01. The lowest BCUT2D eigenvalue weighted by atomic mass is 10.1. The topological polar surface area (TPSA) is 75.3 Å². The zero-order valence-electron chi connectivity index (χ0n) is 16.1. The number of hydrogen-bond donors (Lipinski definition) is 2. The van der Waals surface area contributed by atoms with Crippen LogP contribution < -0.4 is 10.0 Å². The van der Waals surface area contributed by atoms with Gasteiger partial charge in [-0.3, -0.25) is 4.79 Å². The van der Waals surface area contributed by atoms with Crippen molar-refractivity contribution in [2.75, 3.05) is 5.32 Å². The van der Waals surface area contributed by atoms with Gasteiger partial charge in [0.1, 0.15) is 6.04 Å². The SMILES string of the molecule is Cc1ccc(S(=O)(=O)N[C@@H](Cc2ccccc2)C(=O)Nc2ccc(F)c(F)c2)cc1. The molecule has 1 amide bonds. The maximum atomic E-state index is 13.5. The van der Waals surface area contributed by atoms with E-state index in [-0.39, 0.29) is 17.0 Å². The number of hydrogen-bond acceptors (Lipinski definition) is 3. The van der Waals surface area contributed by atoms with Gasteiger partial charge in [-0.25, -0.2) is 17.2 Å². The quantitative estimate of drug-likeness (QED) is 0.599. The average molecular weight is 430 g/mol. The highest BCUT2D eigenvalue weighted by Gasteiger charge is 2.26. The van der Waals surface area contributed by atoms with Gasteiger partial charge in [0.25, 0.3) is 0 Å². The van der Waals surface area contributed by atoms with Gasteiger partial charge in [0, 0.05) is 11.8 Å². The average Bonchev–Trinajstić information content (AvgIpc) is 2.71. The van der Waals surface area contributed by atoms with Gasteiger partial charge in [0.05, 0.1) is 4.90 Å². The van der Waals surface area contributed by atoms with E-state index < -0.39 is 33.6 Å². The molecule has 30 heavy (non-hydrogen) atoms. The van der Waals surface area contributed by atoms with E-state index in [1.807, 2.05) is 6.92 Å². The standard InChI is InChI=1S/C22H20F2N2O3S/c1-15-7-10-18(11-8-15)30(28,29)26-21(13-16-5-3-2-4-6-16)22(27)25-17-9-12-19(23)20(24)14-17/h2-12,14,21,26H,13H2,1H3,(H,25,27)/t21-/m0/s1. The summed E-state index contributed by atoms with van der Waals surface area (Å²) in [7, 11) is -3.99. The summed E-state index contributed by atoms with van der Waals surface area (Å²) in [4.78, 5) is 12.8. The highest BCUT2D eigenvalue weighted by molar-refractivity contribution is 7.89. The molecule has 0 spiro atoms. The van der Waals surface area contributed by atoms with Gasteiger partial charge in [-0.05, 0) is 43.2 Å². The number of halogens is 2. The van der Waals surface area contributed by atoms with Crippen molar-refractivity contribution in [1.82, 2.24) is 4.72 Å². The lowest BCUT2D eigenvalue weighted by Crippen LogP contribution is -2.45. The molecule has 3 aromatic carbocycles. The summed E-state index contributed by atoms with van der Waals surface area (Å²) in [5.41, 5.74) is 1.65. The maximum absolute atomic E-state index is 13.5. The first-order chi connectivity index (χ1) is 14.2. The largest absolute Gasteiger partial charge is 0.325 e. The predicted octanol–water partition coefficient (Wildman–Crippen LogP) is 3.80. The van der Waals surface area contributed by atoms with E-state index in [4.69, 9.17) is 0 Å². The number of nitrogens with one attached hydrogen (secondary N) is 2. The molecule has 0 aliphatic rings. The van der Waals surface area contributed by atoms with Crippen molar-refractivity contribution in [3.8, 4) is 0 Å². The number of sulfonamides is 1. The fourth-order valence-electron chi connectivity index (χ4n) is 2.81.